The maximum Gasteiger partial charge on any atom is 0.0270 e. The summed E-state index contributed by atoms with van der Waals surface area (Å²) in [6.45, 7) is 3.34. The minimum Gasteiger partial charge on any atom is -0.309 e. The highest BCUT2D eigenvalue weighted by Crippen LogP contribution is 2.18. The van der Waals surface area contributed by atoms with Gasteiger partial charge in [0.05, 0.1) is 0 Å². The molecule has 1 aromatic heterocycles. The lowest BCUT2D eigenvalue weighted by Gasteiger charge is -2.19. The second-order valence-electron chi connectivity index (χ2n) is 3.65. The van der Waals surface area contributed by atoms with Crippen LogP contribution in [0.5, 0.6) is 0 Å². The van der Waals surface area contributed by atoms with Gasteiger partial charge in [-0.3, -0.25) is 4.98 Å². The lowest BCUT2D eigenvalue weighted by Crippen LogP contribution is -2.19. The van der Waals surface area contributed by atoms with Crippen LogP contribution in [0.15, 0.2) is 24.5 Å². The van der Waals surface area contributed by atoms with Gasteiger partial charge in [-0.05, 0) is 44.1 Å². The van der Waals surface area contributed by atoms with Gasteiger partial charge >= 0.3 is 0 Å². The number of pyridine rings is 1. The SMILES string of the molecule is CCC(CN(C)C)c1ccncc1. The van der Waals surface area contributed by atoms with Crippen LogP contribution in [-0.4, -0.2) is 30.5 Å². The molecule has 1 aromatic rings. The van der Waals surface area contributed by atoms with Gasteiger partial charge in [0.1, 0.15) is 0 Å². The van der Waals surface area contributed by atoms with Crippen molar-refractivity contribution >= 4 is 0 Å². The van der Waals surface area contributed by atoms with E-state index in [0.29, 0.717) is 5.92 Å². The highest BCUT2D eigenvalue weighted by Gasteiger charge is 2.09. The monoisotopic (exact) mass is 178 g/mol. The average molecular weight is 178 g/mol. The molecule has 0 aromatic carbocycles. The van der Waals surface area contributed by atoms with E-state index in [2.05, 4.69) is 43.0 Å². The van der Waals surface area contributed by atoms with Gasteiger partial charge in [-0.2, -0.15) is 0 Å². The molecule has 0 bridgehead atoms. The van der Waals surface area contributed by atoms with Crippen LogP contribution in [0.1, 0.15) is 24.8 Å². The van der Waals surface area contributed by atoms with Crippen LogP contribution in [0.25, 0.3) is 0 Å². The first-order chi connectivity index (χ1) is 6.24. The predicted molar refractivity (Wildman–Crippen MR) is 55.8 cm³/mol. The van der Waals surface area contributed by atoms with Crippen LogP contribution in [0.2, 0.25) is 0 Å². The number of hydrogen-bond acceptors (Lipinski definition) is 2. The van der Waals surface area contributed by atoms with Crippen molar-refractivity contribution in [2.75, 3.05) is 20.6 Å². The number of aromatic nitrogens is 1. The molecule has 0 N–H and O–H groups in total. The molecule has 0 radical (unpaired) electrons. The standard InChI is InChI=1S/C11H18N2/c1-4-10(9-13(2)3)11-5-7-12-8-6-11/h5-8,10H,4,9H2,1-3H3. The van der Waals surface area contributed by atoms with Gasteiger partial charge in [-0.25, -0.2) is 0 Å². The Morgan fingerprint density at radius 3 is 2.38 bits per heavy atom. The van der Waals surface area contributed by atoms with Crippen molar-refractivity contribution in [1.29, 1.82) is 0 Å². The van der Waals surface area contributed by atoms with Crippen molar-refractivity contribution in [2.45, 2.75) is 19.3 Å². The zero-order valence-corrected chi connectivity index (χ0v) is 8.70. The molecule has 1 rings (SSSR count). The lowest BCUT2D eigenvalue weighted by atomic mass is 9.97. The first-order valence-corrected chi connectivity index (χ1v) is 4.78. The summed E-state index contributed by atoms with van der Waals surface area (Å²) in [7, 11) is 4.23. The molecule has 0 amide bonds. The summed E-state index contributed by atoms with van der Waals surface area (Å²) < 4.78 is 0. The zero-order chi connectivity index (χ0) is 9.68. The van der Waals surface area contributed by atoms with Gasteiger partial charge in [0.15, 0.2) is 0 Å². The number of likely N-dealkylation sites (N-methyl/N-ethyl adjacent to an activating group) is 1. The Balaban J connectivity index is 2.67. The van der Waals surface area contributed by atoms with E-state index in [9.17, 15) is 0 Å². The molecule has 0 aliphatic carbocycles. The Bertz CT molecular complexity index is 231. The van der Waals surface area contributed by atoms with Gasteiger partial charge in [-0.15, -0.1) is 0 Å². The van der Waals surface area contributed by atoms with E-state index in [-0.39, 0.29) is 0 Å². The highest BCUT2D eigenvalue weighted by atomic mass is 15.1. The number of nitrogens with zero attached hydrogens (tertiary/aromatic N) is 2. The smallest absolute Gasteiger partial charge is 0.0270 e. The van der Waals surface area contributed by atoms with E-state index < -0.39 is 0 Å². The summed E-state index contributed by atoms with van der Waals surface area (Å²) in [5.74, 6) is 0.637. The molecule has 2 nitrogen and oxygen atoms in total. The van der Waals surface area contributed by atoms with Gasteiger partial charge < -0.3 is 4.90 Å². The van der Waals surface area contributed by atoms with E-state index in [4.69, 9.17) is 0 Å². The molecular weight excluding hydrogens is 160 g/mol. The topological polar surface area (TPSA) is 16.1 Å². The number of hydrogen-bond donors (Lipinski definition) is 0. The maximum absolute atomic E-state index is 4.03. The van der Waals surface area contributed by atoms with Crippen LogP contribution in [-0.2, 0) is 0 Å². The van der Waals surface area contributed by atoms with Crippen molar-refractivity contribution < 1.29 is 0 Å². The van der Waals surface area contributed by atoms with Crippen LogP contribution >= 0.6 is 0 Å². The molecular formula is C11H18N2. The molecule has 0 spiro atoms. The largest absolute Gasteiger partial charge is 0.309 e. The molecule has 0 saturated heterocycles. The van der Waals surface area contributed by atoms with E-state index in [1.54, 1.807) is 0 Å². The third kappa shape index (κ3) is 3.15. The minimum atomic E-state index is 0.637. The second kappa shape index (κ2) is 4.97. The Labute approximate surface area is 80.6 Å². The van der Waals surface area contributed by atoms with Crippen LogP contribution in [0.4, 0.5) is 0 Å². The van der Waals surface area contributed by atoms with E-state index in [0.717, 1.165) is 6.54 Å². The minimum absolute atomic E-state index is 0.637. The molecule has 0 fully saturated rings. The van der Waals surface area contributed by atoms with Gasteiger partial charge in [0, 0.05) is 18.9 Å². The Morgan fingerprint density at radius 1 is 1.31 bits per heavy atom. The first kappa shape index (κ1) is 10.2. The van der Waals surface area contributed by atoms with Crippen LogP contribution in [0.3, 0.4) is 0 Å². The van der Waals surface area contributed by atoms with E-state index >= 15 is 0 Å². The molecule has 1 heterocycles. The Morgan fingerprint density at radius 2 is 1.92 bits per heavy atom. The normalized spacial score (nSPS) is 13.2. The van der Waals surface area contributed by atoms with Crippen molar-refractivity contribution in [1.82, 2.24) is 9.88 Å². The van der Waals surface area contributed by atoms with Crippen molar-refractivity contribution in [3.63, 3.8) is 0 Å². The molecule has 1 unspecified atom stereocenters. The molecule has 13 heavy (non-hydrogen) atoms. The van der Waals surface area contributed by atoms with Crippen molar-refractivity contribution in [3.8, 4) is 0 Å². The lowest BCUT2D eigenvalue weighted by molar-refractivity contribution is 0.368. The van der Waals surface area contributed by atoms with E-state index in [1.807, 2.05) is 12.4 Å². The molecule has 0 saturated carbocycles. The van der Waals surface area contributed by atoms with E-state index in [1.165, 1.54) is 12.0 Å². The third-order valence-electron chi connectivity index (χ3n) is 2.26. The molecule has 0 aliphatic rings. The molecule has 0 aliphatic heterocycles. The molecule has 2 heteroatoms. The summed E-state index contributed by atoms with van der Waals surface area (Å²) in [6.07, 6.45) is 4.92. The van der Waals surface area contributed by atoms with Crippen LogP contribution < -0.4 is 0 Å². The highest BCUT2D eigenvalue weighted by molar-refractivity contribution is 5.15. The maximum atomic E-state index is 4.03. The van der Waals surface area contributed by atoms with Crippen molar-refractivity contribution in [3.05, 3.63) is 30.1 Å². The first-order valence-electron chi connectivity index (χ1n) is 4.78. The fourth-order valence-corrected chi connectivity index (χ4v) is 1.55. The second-order valence-corrected chi connectivity index (χ2v) is 3.65. The third-order valence-corrected chi connectivity index (χ3v) is 2.26. The summed E-state index contributed by atoms with van der Waals surface area (Å²) in [4.78, 5) is 6.26. The Hall–Kier alpha value is -0.890. The quantitative estimate of drug-likeness (QED) is 0.702. The van der Waals surface area contributed by atoms with Crippen molar-refractivity contribution in [2.24, 2.45) is 0 Å². The average Bonchev–Trinajstić information content (AvgIpc) is 2.15. The fraction of sp³-hybridized carbons (Fsp3) is 0.545. The molecule has 72 valence electrons. The van der Waals surface area contributed by atoms with Gasteiger partial charge in [-0.1, -0.05) is 6.92 Å². The fourth-order valence-electron chi connectivity index (χ4n) is 1.55. The summed E-state index contributed by atoms with van der Waals surface area (Å²) in [5.41, 5.74) is 1.39. The summed E-state index contributed by atoms with van der Waals surface area (Å²) in [5, 5.41) is 0. The Kier molecular flexibility index (Phi) is 3.90. The molecule has 1 atom stereocenters. The summed E-state index contributed by atoms with van der Waals surface area (Å²) >= 11 is 0. The van der Waals surface area contributed by atoms with Gasteiger partial charge in [0.2, 0.25) is 0 Å². The van der Waals surface area contributed by atoms with Gasteiger partial charge in [0.25, 0.3) is 0 Å². The van der Waals surface area contributed by atoms with Crippen LogP contribution in [0, 0.1) is 0 Å². The predicted octanol–water partition coefficient (Wildman–Crippen LogP) is 2.14. The zero-order valence-electron chi connectivity index (χ0n) is 8.70. The number of rotatable bonds is 4. The summed E-state index contributed by atoms with van der Waals surface area (Å²) in [6, 6.07) is 4.22.